The molecule has 90 valence electrons. The van der Waals surface area contributed by atoms with Crippen molar-refractivity contribution in [2.75, 3.05) is 18.8 Å². The summed E-state index contributed by atoms with van der Waals surface area (Å²) in [4.78, 5) is 11.1. The molecule has 0 aromatic rings. The number of hydrogen-bond donors (Lipinski definition) is 2. The van der Waals surface area contributed by atoms with E-state index in [0.717, 1.165) is 0 Å². The Morgan fingerprint density at radius 3 is 2.20 bits per heavy atom. The number of sulfonamides is 1. The Balaban J connectivity index is 4.57. The van der Waals surface area contributed by atoms with Gasteiger partial charge in [0.05, 0.1) is 11.7 Å². The van der Waals surface area contributed by atoms with Crippen LogP contribution >= 0.6 is 0 Å². The van der Waals surface area contributed by atoms with Crippen molar-refractivity contribution < 1.29 is 13.2 Å². The minimum atomic E-state index is -3.36. The molecule has 0 spiro atoms. The van der Waals surface area contributed by atoms with E-state index in [9.17, 15) is 13.2 Å². The molecule has 3 N–H and O–H groups in total. The summed E-state index contributed by atoms with van der Waals surface area (Å²) in [5.74, 6) is 3.61. The molecule has 0 fully saturated rings. The summed E-state index contributed by atoms with van der Waals surface area (Å²) in [5.41, 5.74) is 1.94. The second kappa shape index (κ2) is 6.04. The standard InChI is InChI=1S/C8H19N3O3S/c1-4-11(5-2)15(13,14)6-7(3)8(12)10-9/h7H,4-6,9H2,1-3H3,(H,10,12). The molecule has 0 aliphatic carbocycles. The van der Waals surface area contributed by atoms with Crippen LogP contribution in [0.5, 0.6) is 0 Å². The minimum absolute atomic E-state index is 0.211. The highest BCUT2D eigenvalue weighted by molar-refractivity contribution is 7.89. The smallest absolute Gasteiger partial charge is 0.237 e. The van der Waals surface area contributed by atoms with Crippen molar-refractivity contribution in [2.24, 2.45) is 11.8 Å². The van der Waals surface area contributed by atoms with Crippen molar-refractivity contribution in [2.45, 2.75) is 20.8 Å². The lowest BCUT2D eigenvalue weighted by Crippen LogP contribution is -2.41. The molecule has 1 amide bonds. The molecule has 0 bridgehead atoms. The van der Waals surface area contributed by atoms with Gasteiger partial charge in [0, 0.05) is 13.1 Å². The fraction of sp³-hybridized carbons (Fsp3) is 0.875. The Morgan fingerprint density at radius 1 is 1.40 bits per heavy atom. The molecule has 0 saturated carbocycles. The van der Waals surface area contributed by atoms with Gasteiger partial charge in [0.2, 0.25) is 15.9 Å². The Bertz CT molecular complexity index is 298. The van der Waals surface area contributed by atoms with E-state index in [1.807, 2.05) is 5.43 Å². The molecule has 0 aromatic heterocycles. The van der Waals surface area contributed by atoms with Crippen molar-refractivity contribution in [3.8, 4) is 0 Å². The Morgan fingerprint density at radius 2 is 1.87 bits per heavy atom. The Labute approximate surface area is 90.8 Å². The average molecular weight is 237 g/mol. The number of hydrogen-bond acceptors (Lipinski definition) is 4. The van der Waals surface area contributed by atoms with Crippen LogP contribution in [-0.2, 0) is 14.8 Å². The number of nitrogens with zero attached hydrogens (tertiary/aromatic N) is 1. The van der Waals surface area contributed by atoms with Crippen LogP contribution < -0.4 is 11.3 Å². The van der Waals surface area contributed by atoms with E-state index in [1.54, 1.807) is 13.8 Å². The van der Waals surface area contributed by atoms with Gasteiger partial charge in [-0.05, 0) is 0 Å². The molecule has 0 saturated heterocycles. The van der Waals surface area contributed by atoms with Gasteiger partial charge in [-0.2, -0.15) is 0 Å². The van der Waals surface area contributed by atoms with Gasteiger partial charge < -0.3 is 0 Å². The summed E-state index contributed by atoms with van der Waals surface area (Å²) >= 11 is 0. The third-order valence-corrected chi connectivity index (χ3v) is 4.37. The number of carbonyl (C=O) groups is 1. The summed E-state index contributed by atoms with van der Waals surface area (Å²) in [7, 11) is -3.36. The van der Waals surface area contributed by atoms with Crippen LogP contribution in [0.3, 0.4) is 0 Å². The zero-order chi connectivity index (χ0) is 12.1. The monoisotopic (exact) mass is 237 g/mol. The van der Waals surface area contributed by atoms with Crippen molar-refractivity contribution in [1.82, 2.24) is 9.73 Å². The summed E-state index contributed by atoms with van der Waals surface area (Å²) in [6.45, 7) is 5.87. The largest absolute Gasteiger partial charge is 0.294 e. The van der Waals surface area contributed by atoms with Gasteiger partial charge >= 0.3 is 0 Å². The van der Waals surface area contributed by atoms with E-state index in [1.165, 1.54) is 11.2 Å². The molecule has 0 radical (unpaired) electrons. The number of nitrogens with one attached hydrogen (secondary N) is 1. The number of nitrogens with two attached hydrogens (primary N) is 1. The van der Waals surface area contributed by atoms with E-state index in [0.29, 0.717) is 13.1 Å². The quantitative estimate of drug-likeness (QED) is 0.362. The molecule has 0 aromatic carbocycles. The molecule has 1 atom stereocenters. The van der Waals surface area contributed by atoms with Gasteiger partial charge in [0.15, 0.2) is 0 Å². The minimum Gasteiger partial charge on any atom is -0.294 e. The molecular formula is C8H19N3O3S. The first-order chi connectivity index (χ1) is 6.88. The van der Waals surface area contributed by atoms with Crippen molar-refractivity contribution in [3.63, 3.8) is 0 Å². The van der Waals surface area contributed by atoms with E-state index < -0.39 is 21.8 Å². The maximum atomic E-state index is 11.7. The van der Waals surface area contributed by atoms with Crippen LogP contribution in [0, 0.1) is 5.92 Å². The SMILES string of the molecule is CCN(CC)S(=O)(=O)CC(C)C(=O)NN. The van der Waals surface area contributed by atoms with Crippen molar-refractivity contribution in [1.29, 1.82) is 0 Å². The van der Waals surface area contributed by atoms with Crippen LogP contribution in [0.4, 0.5) is 0 Å². The topological polar surface area (TPSA) is 92.5 Å². The zero-order valence-corrected chi connectivity index (χ0v) is 10.2. The molecule has 0 heterocycles. The van der Waals surface area contributed by atoms with Crippen LogP contribution in [0.15, 0.2) is 0 Å². The highest BCUT2D eigenvalue weighted by atomic mass is 32.2. The number of amides is 1. The zero-order valence-electron chi connectivity index (χ0n) is 9.36. The molecule has 0 aliphatic rings. The van der Waals surface area contributed by atoms with E-state index in [4.69, 9.17) is 5.84 Å². The van der Waals surface area contributed by atoms with E-state index in [-0.39, 0.29) is 5.75 Å². The number of rotatable bonds is 6. The Kier molecular flexibility index (Phi) is 5.77. The molecule has 15 heavy (non-hydrogen) atoms. The first-order valence-electron chi connectivity index (χ1n) is 4.87. The van der Waals surface area contributed by atoms with Crippen LogP contribution in [0.2, 0.25) is 0 Å². The average Bonchev–Trinajstić information content (AvgIpc) is 2.17. The van der Waals surface area contributed by atoms with Gasteiger partial charge in [0.25, 0.3) is 0 Å². The van der Waals surface area contributed by atoms with Crippen molar-refractivity contribution in [3.05, 3.63) is 0 Å². The molecule has 0 rings (SSSR count). The van der Waals surface area contributed by atoms with Gasteiger partial charge in [0.1, 0.15) is 0 Å². The normalized spacial score (nSPS) is 13.9. The third-order valence-electron chi connectivity index (χ3n) is 2.15. The maximum Gasteiger partial charge on any atom is 0.237 e. The van der Waals surface area contributed by atoms with Gasteiger partial charge in [-0.15, -0.1) is 0 Å². The second-order valence-corrected chi connectivity index (χ2v) is 5.29. The first kappa shape index (κ1) is 14.3. The summed E-state index contributed by atoms with van der Waals surface area (Å²) < 4.78 is 24.8. The lowest BCUT2D eigenvalue weighted by molar-refractivity contribution is -0.123. The van der Waals surface area contributed by atoms with Gasteiger partial charge in [-0.3, -0.25) is 10.2 Å². The summed E-state index contributed by atoms with van der Waals surface area (Å²) in [6.07, 6.45) is 0. The molecular weight excluding hydrogens is 218 g/mol. The van der Waals surface area contributed by atoms with Gasteiger partial charge in [-0.1, -0.05) is 20.8 Å². The predicted molar refractivity (Wildman–Crippen MR) is 58.2 cm³/mol. The molecule has 6 nitrogen and oxygen atoms in total. The van der Waals surface area contributed by atoms with Crippen LogP contribution in [0.25, 0.3) is 0 Å². The fourth-order valence-electron chi connectivity index (χ4n) is 1.26. The molecule has 1 unspecified atom stereocenters. The lowest BCUT2D eigenvalue weighted by Gasteiger charge is -2.20. The van der Waals surface area contributed by atoms with Crippen LogP contribution in [0.1, 0.15) is 20.8 Å². The summed E-state index contributed by atoms with van der Waals surface area (Å²) in [5, 5.41) is 0. The lowest BCUT2D eigenvalue weighted by atomic mass is 10.2. The van der Waals surface area contributed by atoms with Crippen molar-refractivity contribution >= 4 is 15.9 Å². The van der Waals surface area contributed by atoms with Crippen LogP contribution in [-0.4, -0.2) is 37.5 Å². The van der Waals surface area contributed by atoms with E-state index in [2.05, 4.69) is 0 Å². The van der Waals surface area contributed by atoms with E-state index >= 15 is 0 Å². The highest BCUT2D eigenvalue weighted by Gasteiger charge is 2.25. The molecule has 7 heteroatoms. The Hall–Kier alpha value is -0.660. The maximum absolute atomic E-state index is 11.7. The van der Waals surface area contributed by atoms with Gasteiger partial charge in [-0.25, -0.2) is 18.6 Å². The predicted octanol–water partition coefficient (Wildman–Crippen LogP) is -0.716. The first-order valence-corrected chi connectivity index (χ1v) is 6.48. The summed E-state index contributed by atoms with van der Waals surface area (Å²) in [6, 6.07) is 0. The number of hydrazine groups is 1. The second-order valence-electron chi connectivity index (χ2n) is 3.27. The number of carbonyl (C=O) groups excluding carboxylic acids is 1. The molecule has 0 aliphatic heterocycles. The third kappa shape index (κ3) is 4.15. The fourth-order valence-corrected chi connectivity index (χ4v) is 3.04. The highest BCUT2D eigenvalue weighted by Crippen LogP contribution is 2.07.